The first-order valence-corrected chi connectivity index (χ1v) is 4.64. The highest BCUT2D eigenvalue weighted by Crippen LogP contribution is 2.18. The molecule has 1 heterocycles. The number of ether oxygens (including phenoxy) is 3. The second kappa shape index (κ2) is 4.57. The number of hydrogen-bond acceptors (Lipinski definition) is 4. The molecule has 1 aliphatic rings. The van der Waals surface area contributed by atoms with Crippen LogP contribution in [0.2, 0.25) is 0 Å². The summed E-state index contributed by atoms with van der Waals surface area (Å²) in [6.45, 7) is 8.27. The van der Waals surface area contributed by atoms with Gasteiger partial charge in [-0.3, -0.25) is 0 Å². The third-order valence-electron chi connectivity index (χ3n) is 2.04. The van der Waals surface area contributed by atoms with E-state index in [-0.39, 0.29) is 12.8 Å². The number of carbonyl (C=O) groups is 1. The third-order valence-corrected chi connectivity index (χ3v) is 2.04. The van der Waals surface area contributed by atoms with Crippen LogP contribution in [0.15, 0.2) is 12.2 Å². The number of hydrogen-bond donors (Lipinski definition) is 0. The molecule has 0 radical (unpaired) electrons. The summed E-state index contributed by atoms with van der Waals surface area (Å²) in [6.07, 6.45) is 0.594. The quantitative estimate of drug-likeness (QED) is 0.508. The summed E-state index contributed by atoms with van der Waals surface area (Å²) < 4.78 is 15.4. The summed E-state index contributed by atoms with van der Waals surface area (Å²) >= 11 is 0. The molecule has 0 bridgehead atoms. The van der Waals surface area contributed by atoms with Crippen LogP contribution in [-0.2, 0) is 19.0 Å². The standard InChI is InChI=1S/C10H16O4/c1-4-8(2)9(11)14-10(3)5-12-7-13-6-10/h2,4-7H2,1,3H3. The fraction of sp³-hybridized carbons (Fsp3) is 0.700. The Morgan fingerprint density at radius 2 is 2.07 bits per heavy atom. The Morgan fingerprint density at radius 1 is 1.50 bits per heavy atom. The molecular weight excluding hydrogens is 184 g/mol. The molecule has 0 aliphatic carbocycles. The summed E-state index contributed by atoms with van der Waals surface area (Å²) in [6, 6.07) is 0. The molecule has 0 aromatic rings. The number of carbonyl (C=O) groups excluding carboxylic acids is 1. The molecule has 0 aromatic carbocycles. The van der Waals surface area contributed by atoms with Gasteiger partial charge in [-0.25, -0.2) is 4.79 Å². The van der Waals surface area contributed by atoms with Crippen molar-refractivity contribution in [2.45, 2.75) is 25.9 Å². The summed E-state index contributed by atoms with van der Waals surface area (Å²) in [7, 11) is 0. The molecule has 1 aliphatic heterocycles. The fourth-order valence-corrected chi connectivity index (χ4v) is 1.11. The van der Waals surface area contributed by atoms with E-state index in [4.69, 9.17) is 14.2 Å². The second-order valence-corrected chi connectivity index (χ2v) is 3.61. The van der Waals surface area contributed by atoms with Crippen LogP contribution in [0.3, 0.4) is 0 Å². The molecule has 4 nitrogen and oxygen atoms in total. The van der Waals surface area contributed by atoms with E-state index in [1.54, 1.807) is 6.92 Å². The van der Waals surface area contributed by atoms with E-state index >= 15 is 0 Å². The van der Waals surface area contributed by atoms with Crippen molar-refractivity contribution in [3.63, 3.8) is 0 Å². The zero-order chi connectivity index (χ0) is 10.6. The SMILES string of the molecule is C=C(CC)C(=O)OC1(C)COCOC1. The van der Waals surface area contributed by atoms with Crippen molar-refractivity contribution in [3.8, 4) is 0 Å². The minimum atomic E-state index is -0.673. The molecule has 0 aromatic heterocycles. The minimum absolute atomic E-state index is 0.266. The smallest absolute Gasteiger partial charge is 0.334 e. The topological polar surface area (TPSA) is 44.8 Å². The maximum Gasteiger partial charge on any atom is 0.334 e. The van der Waals surface area contributed by atoms with Gasteiger partial charge in [-0.2, -0.15) is 0 Å². The van der Waals surface area contributed by atoms with E-state index in [0.29, 0.717) is 25.2 Å². The molecule has 0 spiro atoms. The van der Waals surface area contributed by atoms with Crippen molar-refractivity contribution in [3.05, 3.63) is 12.2 Å². The van der Waals surface area contributed by atoms with Crippen molar-refractivity contribution in [2.24, 2.45) is 0 Å². The van der Waals surface area contributed by atoms with Crippen LogP contribution >= 0.6 is 0 Å². The molecule has 0 saturated carbocycles. The average Bonchev–Trinajstić information content (AvgIpc) is 2.17. The Morgan fingerprint density at radius 3 is 2.57 bits per heavy atom. The largest absolute Gasteiger partial charge is 0.451 e. The maximum absolute atomic E-state index is 11.4. The Hall–Kier alpha value is -0.870. The van der Waals surface area contributed by atoms with Crippen LogP contribution in [-0.4, -0.2) is 31.6 Å². The zero-order valence-electron chi connectivity index (χ0n) is 8.67. The van der Waals surface area contributed by atoms with E-state index in [0.717, 1.165) is 0 Å². The first-order chi connectivity index (χ1) is 6.57. The molecule has 0 N–H and O–H groups in total. The summed E-state index contributed by atoms with van der Waals surface area (Å²) in [5, 5.41) is 0. The second-order valence-electron chi connectivity index (χ2n) is 3.61. The normalized spacial score (nSPS) is 20.1. The van der Waals surface area contributed by atoms with Crippen LogP contribution in [0, 0.1) is 0 Å². The van der Waals surface area contributed by atoms with Gasteiger partial charge in [0.05, 0.1) is 13.2 Å². The third kappa shape index (κ3) is 2.82. The van der Waals surface area contributed by atoms with Gasteiger partial charge in [0.2, 0.25) is 0 Å². The minimum Gasteiger partial charge on any atom is -0.451 e. The molecule has 1 fully saturated rings. The summed E-state index contributed by atoms with van der Waals surface area (Å²) in [4.78, 5) is 11.4. The van der Waals surface area contributed by atoms with E-state index < -0.39 is 5.60 Å². The van der Waals surface area contributed by atoms with Gasteiger partial charge in [0, 0.05) is 5.57 Å². The predicted octanol–water partition coefficient (Wildman–Crippen LogP) is 1.26. The Balaban J connectivity index is 2.49. The van der Waals surface area contributed by atoms with Crippen LogP contribution in [0.25, 0.3) is 0 Å². The van der Waals surface area contributed by atoms with Gasteiger partial charge < -0.3 is 14.2 Å². The van der Waals surface area contributed by atoms with E-state index in [9.17, 15) is 4.79 Å². The molecular formula is C10H16O4. The first-order valence-electron chi connectivity index (χ1n) is 4.64. The molecule has 80 valence electrons. The lowest BCUT2D eigenvalue weighted by Gasteiger charge is -2.32. The van der Waals surface area contributed by atoms with Gasteiger partial charge in [0.1, 0.15) is 6.79 Å². The lowest BCUT2D eigenvalue weighted by atomic mass is 10.1. The van der Waals surface area contributed by atoms with E-state index in [2.05, 4.69) is 6.58 Å². The highest BCUT2D eigenvalue weighted by Gasteiger charge is 2.33. The zero-order valence-corrected chi connectivity index (χ0v) is 8.67. The Labute approximate surface area is 83.8 Å². The lowest BCUT2D eigenvalue weighted by Crippen LogP contribution is -2.45. The molecule has 14 heavy (non-hydrogen) atoms. The van der Waals surface area contributed by atoms with Crippen LogP contribution in [0.1, 0.15) is 20.3 Å². The van der Waals surface area contributed by atoms with Gasteiger partial charge >= 0.3 is 5.97 Å². The first kappa shape index (κ1) is 11.2. The molecule has 1 saturated heterocycles. The maximum atomic E-state index is 11.4. The molecule has 4 heteroatoms. The monoisotopic (exact) mass is 200 g/mol. The van der Waals surface area contributed by atoms with Gasteiger partial charge in [0.25, 0.3) is 0 Å². The molecule has 0 amide bonds. The highest BCUT2D eigenvalue weighted by molar-refractivity contribution is 5.87. The molecule has 1 rings (SSSR count). The number of rotatable bonds is 3. The van der Waals surface area contributed by atoms with E-state index in [1.165, 1.54) is 0 Å². The predicted molar refractivity (Wildman–Crippen MR) is 50.7 cm³/mol. The average molecular weight is 200 g/mol. The van der Waals surface area contributed by atoms with Crippen molar-refractivity contribution in [1.29, 1.82) is 0 Å². The van der Waals surface area contributed by atoms with Crippen molar-refractivity contribution >= 4 is 5.97 Å². The van der Waals surface area contributed by atoms with Crippen molar-refractivity contribution in [2.75, 3.05) is 20.0 Å². The Bertz CT molecular complexity index is 228. The van der Waals surface area contributed by atoms with Crippen LogP contribution in [0.4, 0.5) is 0 Å². The molecule has 0 unspecified atom stereocenters. The van der Waals surface area contributed by atoms with Crippen LogP contribution in [0.5, 0.6) is 0 Å². The fourth-order valence-electron chi connectivity index (χ4n) is 1.11. The van der Waals surface area contributed by atoms with Crippen LogP contribution < -0.4 is 0 Å². The van der Waals surface area contributed by atoms with Gasteiger partial charge in [0.15, 0.2) is 5.60 Å². The summed E-state index contributed by atoms with van der Waals surface area (Å²) in [5.41, 5.74) is -0.204. The van der Waals surface area contributed by atoms with Crippen molar-refractivity contribution in [1.82, 2.24) is 0 Å². The van der Waals surface area contributed by atoms with E-state index in [1.807, 2.05) is 6.92 Å². The van der Waals surface area contributed by atoms with Gasteiger partial charge in [-0.15, -0.1) is 0 Å². The van der Waals surface area contributed by atoms with Crippen molar-refractivity contribution < 1.29 is 19.0 Å². The molecule has 0 atom stereocenters. The number of esters is 1. The highest BCUT2D eigenvalue weighted by atomic mass is 16.7. The Kier molecular flexibility index (Phi) is 3.66. The van der Waals surface area contributed by atoms with Gasteiger partial charge in [-0.05, 0) is 13.3 Å². The lowest BCUT2D eigenvalue weighted by molar-refractivity contribution is -0.211. The summed E-state index contributed by atoms with van der Waals surface area (Å²) in [5.74, 6) is -0.371. The van der Waals surface area contributed by atoms with Gasteiger partial charge in [-0.1, -0.05) is 13.5 Å².